The minimum Gasteiger partial charge on any atom is -0.462 e. The van der Waals surface area contributed by atoms with Crippen molar-refractivity contribution in [2.45, 2.75) is 51.9 Å². The van der Waals surface area contributed by atoms with E-state index in [0.717, 1.165) is 11.1 Å². The number of rotatable bonds is 13. The van der Waals surface area contributed by atoms with Crippen molar-refractivity contribution < 1.29 is 28.5 Å². The average molecular weight is 601 g/mol. The average Bonchev–Trinajstić information content (AvgIpc) is 3.63. The molecule has 230 valence electrons. The van der Waals surface area contributed by atoms with Gasteiger partial charge in [0.1, 0.15) is 12.4 Å². The number of nitrogens with zero attached hydrogens (tertiary/aromatic N) is 4. The first kappa shape index (κ1) is 30.8. The van der Waals surface area contributed by atoms with E-state index in [1.54, 1.807) is 25.4 Å². The van der Waals surface area contributed by atoms with Crippen LogP contribution in [0, 0.1) is 0 Å². The summed E-state index contributed by atoms with van der Waals surface area (Å²) in [6.45, 7) is 5.44. The highest BCUT2D eigenvalue weighted by Crippen LogP contribution is 2.27. The summed E-state index contributed by atoms with van der Waals surface area (Å²) in [4.78, 5) is 37.5. The Hall–Kier alpha value is -4.65. The van der Waals surface area contributed by atoms with Gasteiger partial charge in [0.05, 0.1) is 37.8 Å². The fourth-order valence-electron chi connectivity index (χ4n) is 4.86. The van der Waals surface area contributed by atoms with Gasteiger partial charge in [0.2, 0.25) is 0 Å². The molecule has 2 unspecified atom stereocenters. The zero-order valence-electron chi connectivity index (χ0n) is 24.7. The van der Waals surface area contributed by atoms with Crippen LogP contribution in [0.2, 0.25) is 0 Å². The van der Waals surface area contributed by atoms with Crippen molar-refractivity contribution in [2.24, 2.45) is 0 Å². The predicted molar refractivity (Wildman–Crippen MR) is 164 cm³/mol. The number of anilines is 1. The molecule has 0 saturated carbocycles. The van der Waals surface area contributed by atoms with Crippen LogP contribution in [0.15, 0.2) is 73.3 Å². The number of urea groups is 1. The third-order valence-corrected chi connectivity index (χ3v) is 6.94. The van der Waals surface area contributed by atoms with Crippen LogP contribution in [0.4, 0.5) is 10.6 Å². The first-order chi connectivity index (χ1) is 21.6. The van der Waals surface area contributed by atoms with Crippen LogP contribution in [0.1, 0.15) is 41.8 Å². The third-order valence-electron chi connectivity index (χ3n) is 6.94. The van der Waals surface area contributed by atoms with E-state index in [-0.39, 0.29) is 30.8 Å². The topological polar surface area (TPSA) is 139 Å². The van der Waals surface area contributed by atoms with Crippen LogP contribution < -0.4 is 10.6 Å². The molecule has 1 fully saturated rings. The third kappa shape index (κ3) is 7.84. The number of fused-ring (bicyclic) bond motifs is 1. The Morgan fingerprint density at radius 3 is 2.61 bits per heavy atom. The lowest BCUT2D eigenvalue weighted by molar-refractivity contribution is -0.0329. The number of esters is 1. The van der Waals surface area contributed by atoms with Crippen molar-refractivity contribution in [3.63, 3.8) is 0 Å². The molecule has 0 bridgehead atoms. The Balaban J connectivity index is 1.27. The molecule has 12 nitrogen and oxygen atoms in total. The van der Waals surface area contributed by atoms with E-state index in [1.807, 2.05) is 66.1 Å². The SMILES string of the molecule is CCNC(=O)Nc1ncnc2c1ncn2CC1O[C@@H](/C=C/c2ccccc2)OC1CCOCc1ccccc1C(=O)OCC. The van der Waals surface area contributed by atoms with Gasteiger partial charge in [-0.05, 0) is 43.5 Å². The van der Waals surface area contributed by atoms with Crippen molar-refractivity contribution in [1.82, 2.24) is 24.8 Å². The second kappa shape index (κ2) is 15.2. The lowest BCUT2D eigenvalue weighted by Crippen LogP contribution is -2.29. The Bertz CT molecular complexity index is 1580. The first-order valence-electron chi connectivity index (χ1n) is 14.6. The lowest BCUT2D eigenvalue weighted by atomic mass is 10.1. The number of amides is 2. The molecule has 44 heavy (non-hydrogen) atoms. The van der Waals surface area contributed by atoms with Gasteiger partial charge >= 0.3 is 12.0 Å². The van der Waals surface area contributed by atoms with Gasteiger partial charge < -0.3 is 28.8 Å². The highest BCUT2D eigenvalue weighted by molar-refractivity contribution is 5.95. The fraction of sp³-hybridized carbons (Fsp3) is 0.344. The highest BCUT2D eigenvalue weighted by atomic mass is 16.7. The van der Waals surface area contributed by atoms with Crippen molar-refractivity contribution in [1.29, 1.82) is 0 Å². The highest BCUT2D eigenvalue weighted by Gasteiger charge is 2.35. The maximum atomic E-state index is 12.3. The molecule has 2 aromatic heterocycles. The molecule has 0 aliphatic carbocycles. The summed E-state index contributed by atoms with van der Waals surface area (Å²) in [5.41, 5.74) is 3.32. The summed E-state index contributed by atoms with van der Waals surface area (Å²) in [5.74, 6) is -0.0481. The lowest BCUT2D eigenvalue weighted by Gasteiger charge is -2.18. The molecule has 1 aliphatic heterocycles. The number of carbonyl (C=O) groups excluding carboxylic acids is 2. The number of ether oxygens (including phenoxy) is 4. The molecule has 0 radical (unpaired) electrons. The summed E-state index contributed by atoms with van der Waals surface area (Å²) in [6, 6.07) is 16.8. The second-order valence-corrected chi connectivity index (χ2v) is 9.98. The van der Waals surface area contributed by atoms with E-state index in [1.165, 1.54) is 6.33 Å². The number of benzene rings is 2. The van der Waals surface area contributed by atoms with Gasteiger partial charge in [-0.25, -0.2) is 24.5 Å². The molecule has 2 amide bonds. The van der Waals surface area contributed by atoms with Crippen LogP contribution in [0.5, 0.6) is 0 Å². The van der Waals surface area contributed by atoms with E-state index in [4.69, 9.17) is 18.9 Å². The summed E-state index contributed by atoms with van der Waals surface area (Å²) in [6.07, 6.45) is 6.24. The number of imidazole rings is 1. The van der Waals surface area contributed by atoms with Gasteiger partial charge in [-0.15, -0.1) is 0 Å². The van der Waals surface area contributed by atoms with Crippen LogP contribution >= 0.6 is 0 Å². The molecule has 1 aliphatic rings. The van der Waals surface area contributed by atoms with Gasteiger partial charge in [0.25, 0.3) is 0 Å². The zero-order valence-corrected chi connectivity index (χ0v) is 24.7. The molecular formula is C32H36N6O6. The van der Waals surface area contributed by atoms with E-state index in [2.05, 4.69) is 25.6 Å². The maximum Gasteiger partial charge on any atom is 0.338 e. The Kier molecular flexibility index (Phi) is 10.6. The smallest absolute Gasteiger partial charge is 0.338 e. The molecule has 12 heteroatoms. The van der Waals surface area contributed by atoms with Crippen LogP contribution in [0.3, 0.4) is 0 Å². The van der Waals surface area contributed by atoms with E-state index >= 15 is 0 Å². The Labute approximate surface area is 255 Å². The maximum absolute atomic E-state index is 12.3. The summed E-state index contributed by atoms with van der Waals surface area (Å²) < 4.78 is 25.7. The molecule has 4 aromatic rings. The molecule has 1 saturated heterocycles. The minimum absolute atomic E-state index is 0.259. The fourth-order valence-corrected chi connectivity index (χ4v) is 4.86. The molecule has 3 heterocycles. The molecule has 0 spiro atoms. The molecule has 2 N–H and O–H groups in total. The Morgan fingerprint density at radius 2 is 1.80 bits per heavy atom. The van der Waals surface area contributed by atoms with Crippen LogP contribution in [0.25, 0.3) is 17.2 Å². The van der Waals surface area contributed by atoms with Gasteiger partial charge in [-0.2, -0.15) is 0 Å². The summed E-state index contributed by atoms with van der Waals surface area (Å²) >= 11 is 0. The Morgan fingerprint density at radius 1 is 1.00 bits per heavy atom. The molecule has 5 rings (SSSR count). The number of aromatic nitrogens is 4. The summed E-state index contributed by atoms with van der Waals surface area (Å²) in [5, 5.41) is 5.40. The first-order valence-corrected chi connectivity index (χ1v) is 14.6. The van der Waals surface area contributed by atoms with E-state index in [9.17, 15) is 9.59 Å². The van der Waals surface area contributed by atoms with Crippen molar-refractivity contribution in [3.05, 3.63) is 90.0 Å². The second-order valence-electron chi connectivity index (χ2n) is 9.98. The van der Waals surface area contributed by atoms with E-state index < -0.39 is 6.29 Å². The number of hydrogen-bond donors (Lipinski definition) is 2. The number of hydrogen-bond acceptors (Lipinski definition) is 9. The van der Waals surface area contributed by atoms with Crippen molar-refractivity contribution in [2.75, 3.05) is 25.1 Å². The van der Waals surface area contributed by atoms with Crippen LogP contribution in [-0.2, 0) is 32.1 Å². The van der Waals surface area contributed by atoms with E-state index in [0.29, 0.717) is 55.3 Å². The summed E-state index contributed by atoms with van der Waals surface area (Å²) in [7, 11) is 0. The largest absolute Gasteiger partial charge is 0.462 e. The molecular weight excluding hydrogens is 564 g/mol. The molecule has 2 aromatic carbocycles. The van der Waals surface area contributed by atoms with Crippen LogP contribution in [-0.4, -0.2) is 69.8 Å². The van der Waals surface area contributed by atoms with Gasteiger partial charge in [-0.3, -0.25) is 5.32 Å². The predicted octanol–water partition coefficient (Wildman–Crippen LogP) is 4.57. The monoisotopic (exact) mass is 600 g/mol. The van der Waals surface area contributed by atoms with Crippen molar-refractivity contribution >= 4 is 35.1 Å². The van der Waals surface area contributed by atoms with Gasteiger partial charge in [-0.1, -0.05) is 54.6 Å². The zero-order chi connectivity index (χ0) is 30.7. The van der Waals surface area contributed by atoms with Gasteiger partial charge in [0.15, 0.2) is 23.3 Å². The quantitative estimate of drug-likeness (QED) is 0.167. The van der Waals surface area contributed by atoms with Gasteiger partial charge in [0, 0.05) is 13.2 Å². The normalized spacial score (nSPS) is 18.1. The molecule has 3 atom stereocenters. The van der Waals surface area contributed by atoms with Crippen molar-refractivity contribution in [3.8, 4) is 0 Å². The number of carbonyl (C=O) groups is 2. The standard InChI is InChI=1S/C32H36N6O6/c1-3-33-32(40)37-29-28-30(35-20-34-29)38(21-36-28)18-26-25(43-27(44-26)15-14-22-10-6-5-7-11-22)16-17-41-19-23-12-8-9-13-24(23)31(39)42-4-2/h5-15,20-21,25-27H,3-4,16-19H2,1-2H3,(H2,33,34,35,37,40)/b15-14+/t25?,26?,27-/m0/s1. The number of nitrogens with one attached hydrogen (secondary N) is 2. The minimum atomic E-state index is -0.561.